The van der Waals surface area contributed by atoms with Crippen LogP contribution in [-0.2, 0) is 11.2 Å². The Morgan fingerprint density at radius 3 is 2.69 bits per heavy atom. The maximum absolute atomic E-state index is 12.5. The van der Waals surface area contributed by atoms with Crippen molar-refractivity contribution in [3.05, 3.63) is 23.3 Å². The number of rotatable bonds is 9. The van der Waals surface area contributed by atoms with E-state index in [0.29, 0.717) is 38.9 Å². The Balaban J connectivity index is 1.55. The van der Waals surface area contributed by atoms with Crippen LogP contribution in [0.2, 0.25) is 6.32 Å². The third-order valence-corrected chi connectivity index (χ3v) is 5.69. The van der Waals surface area contributed by atoms with Crippen molar-refractivity contribution in [1.82, 2.24) is 10.2 Å². The van der Waals surface area contributed by atoms with Gasteiger partial charge >= 0.3 is 13.1 Å². The summed E-state index contributed by atoms with van der Waals surface area (Å²) in [4.78, 5) is 26.3. The fourth-order valence-electron chi connectivity index (χ4n) is 3.86. The summed E-state index contributed by atoms with van der Waals surface area (Å²) in [6.07, 6.45) is 0.738. The number of hydrogen-bond acceptors (Lipinski definition) is 7. The highest BCUT2D eigenvalue weighted by atomic mass is 16.5. The molecule has 0 aromatic heterocycles. The van der Waals surface area contributed by atoms with Gasteiger partial charge in [-0.2, -0.15) is 0 Å². The molecule has 0 spiro atoms. The van der Waals surface area contributed by atoms with Crippen LogP contribution in [0.3, 0.4) is 0 Å². The van der Waals surface area contributed by atoms with Gasteiger partial charge in [0.15, 0.2) is 0 Å². The number of fused-ring (bicyclic) bond motifs is 1. The molecule has 3 rings (SSSR count). The first-order valence-electron chi connectivity index (χ1n) is 10.9. The van der Waals surface area contributed by atoms with Gasteiger partial charge in [0, 0.05) is 19.6 Å². The highest BCUT2D eigenvalue weighted by Gasteiger charge is 2.38. The predicted octanol–water partition coefficient (Wildman–Crippen LogP) is -0.597. The quantitative estimate of drug-likeness (QED) is 0.290. The van der Waals surface area contributed by atoms with E-state index >= 15 is 0 Å². The van der Waals surface area contributed by atoms with Gasteiger partial charge in [0.1, 0.15) is 28.7 Å². The van der Waals surface area contributed by atoms with Crippen LogP contribution in [0, 0.1) is 0 Å². The molecule has 1 amide bonds. The number of likely N-dealkylation sites (tertiary alicyclic amines) is 1. The molecule has 1 aromatic carbocycles. The van der Waals surface area contributed by atoms with Crippen LogP contribution in [0.1, 0.15) is 22.8 Å². The van der Waals surface area contributed by atoms with Crippen molar-refractivity contribution in [3.8, 4) is 11.5 Å². The maximum Gasteiger partial charge on any atom is 0.522 e. The SMILES string of the molecule is C[C@@](N)(CN1CC(Oc2ccc3c(c2C(=O)O)OB(O)CC3)C1)C(=O)NCC[N+](C)(C)C. The van der Waals surface area contributed by atoms with Crippen LogP contribution in [0.4, 0.5) is 0 Å². The van der Waals surface area contributed by atoms with E-state index in [1.807, 2.05) is 4.90 Å². The standard InChI is InChI=1S/C21H33BN4O6/c1-21(23,20(29)24-9-10-26(2,3)4)13-25-11-15(12-25)31-16-6-5-14-7-8-22(30)32-18(14)17(16)19(27)28/h5-6,15,30H,7-13,23H2,1-4H3,(H-,24,27,28,29)/p+1/t21-/m1/s1. The second kappa shape index (κ2) is 9.26. The number of carboxylic acids is 1. The molecule has 2 heterocycles. The summed E-state index contributed by atoms with van der Waals surface area (Å²) in [5.41, 5.74) is 5.88. The van der Waals surface area contributed by atoms with Crippen molar-refractivity contribution in [3.63, 3.8) is 0 Å². The molecule has 0 radical (unpaired) electrons. The monoisotopic (exact) mass is 449 g/mol. The van der Waals surface area contributed by atoms with E-state index in [9.17, 15) is 19.7 Å². The highest BCUT2D eigenvalue weighted by molar-refractivity contribution is 6.44. The molecule has 176 valence electrons. The van der Waals surface area contributed by atoms with Crippen molar-refractivity contribution in [2.75, 3.05) is 53.9 Å². The number of ether oxygens (including phenoxy) is 1. The third kappa shape index (κ3) is 5.92. The molecule has 2 aliphatic heterocycles. The lowest BCUT2D eigenvalue weighted by molar-refractivity contribution is -0.869. The average molecular weight is 449 g/mol. The molecule has 32 heavy (non-hydrogen) atoms. The van der Waals surface area contributed by atoms with Crippen molar-refractivity contribution in [2.24, 2.45) is 5.73 Å². The second-order valence-electron chi connectivity index (χ2n) is 9.96. The van der Waals surface area contributed by atoms with Gasteiger partial charge in [0.2, 0.25) is 5.91 Å². The molecule has 1 aromatic rings. The number of carbonyl (C=O) groups is 2. The molecular weight excluding hydrogens is 415 g/mol. The van der Waals surface area contributed by atoms with E-state index in [-0.39, 0.29) is 29.1 Å². The summed E-state index contributed by atoms with van der Waals surface area (Å²) in [6, 6.07) is 3.41. The van der Waals surface area contributed by atoms with Crippen LogP contribution in [0.5, 0.6) is 11.5 Å². The minimum atomic E-state index is -1.16. The molecule has 0 unspecified atom stereocenters. The summed E-state index contributed by atoms with van der Waals surface area (Å²) >= 11 is 0. The Kier molecular flexibility index (Phi) is 7.04. The van der Waals surface area contributed by atoms with Gasteiger partial charge in [-0.25, -0.2) is 4.79 Å². The summed E-state index contributed by atoms with van der Waals surface area (Å²) in [6.45, 7) is 4.48. The van der Waals surface area contributed by atoms with E-state index in [4.69, 9.17) is 15.1 Å². The van der Waals surface area contributed by atoms with E-state index in [2.05, 4.69) is 26.5 Å². The van der Waals surface area contributed by atoms with Gasteiger partial charge in [-0.3, -0.25) is 9.69 Å². The van der Waals surface area contributed by atoms with Gasteiger partial charge in [0.25, 0.3) is 0 Å². The van der Waals surface area contributed by atoms with Crippen molar-refractivity contribution < 1.29 is 33.6 Å². The molecular formula is C21H34BN4O6+. The number of carbonyl (C=O) groups excluding carboxylic acids is 1. The van der Waals surface area contributed by atoms with E-state index in [1.165, 1.54) is 0 Å². The molecule has 0 saturated carbocycles. The second-order valence-corrected chi connectivity index (χ2v) is 9.96. The number of hydrogen-bond donors (Lipinski definition) is 4. The maximum atomic E-state index is 12.5. The highest BCUT2D eigenvalue weighted by Crippen LogP contribution is 2.37. The number of quaternary nitrogens is 1. The number of amides is 1. The summed E-state index contributed by atoms with van der Waals surface area (Å²) in [5.74, 6) is -0.982. The Morgan fingerprint density at radius 1 is 1.38 bits per heavy atom. The van der Waals surface area contributed by atoms with E-state index < -0.39 is 18.6 Å². The largest absolute Gasteiger partial charge is 0.535 e. The first-order chi connectivity index (χ1) is 14.9. The number of nitrogens with one attached hydrogen (secondary N) is 1. The fraction of sp³-hybridized carbons (Fsp3) is 0.619. The number of nitrogens with two attached hydrogens (primary N) is 1. The van der Waals surface area contributed by atoms with Crippen LogP contribution in [-0.4, -0.2) is 104 Å². The van der Waals surface area contributed by atoms with Gasteiger partial charge < -0.3 is 35.1 Å². The topological polar surface area (TPSA) is 134 Å². The fourth-order valence-corrected chi connectivity index (χ4v) is 3.86. The normalized spacial score (nSPS) is 18.8. The van der Waals surface area contributed by atoms with Crippen LogP contribution >= 0.6 is 0 Å². The Labute approximate surface area is 189 Å². The molecule has 5 N–H and O–H groups in total. The van der Waals surface area contributed by atoms with E-state index in [1.54, 1.807) is 19.1 Å². The number of nitrogens with zero attached hydrogens (tertiary/aromatic N) is 2. The number of carboxylic acid groups (broad SMARTS) is 1. The molecule has 11 heteroatoms. The lowest BCUT2D eigenvalue weighted by Gasteiger charge is -2.42. The minimum Gasteiger partial charge on any atom is -0.535 e. The van der Waals surface area contributed by atoms with Gasteiger partial charge in [0.05, 0.1) is 34.2 Å². The summed E-state index contributed by atoms with van der Waals surface area (Å²) in [5, 5.41) is 22.3. The summed E-state index contributed by atoms with van der Waals surface area (Å²) < 4.78 is 12.1. The van der Waals surface area contributed by atoms with Crippen LogP contribution in [0.15, 0.2) is 12.1 Å². The molecule has 1 atom stereocenters. The molecule has 2 aliphatic rings. The predicted molar refractivity (Wildman–Crippen MR) is 120 cm³/mol. The zero-order chi connectivity index (χ0) is 23.7. The first-order valence-corrected chi connectivity index (χ1v) is 10.9. The zero-order valence-corrected chi connectivity index (χ0v) is 19.3. The van der Waals surface area contributed by atoms with Crippen LogP contribution < -0.4 is 20.4 Å². The van der Waals surface area contributed by atoms with Crippen molar-refractivity contribution >= 4 is 19.0 Å². The lowest BCUT2D eigenvalue weighted by Crippen LogP contribution is -2.64. The smallest absolute Gasteiger partial charge is 0.522 e. The third-order valence-electron chi connectivity index (χ3n) is 5.69. The molecule has 0 bridgehead atoms. The number of aromatic carboxylic acids is 1. The lowest BCUT2D eigenvalue weighted by atomic mass is 9.78. The Bertz CT molecular complexity index is 867. The number of likely N-dealkylation sites (N-methyl/N-ethyl adjacent to an activating group) is 1. The average Bonchev–Trinajstić information content (AvgIpc) is 2.64. The summed E-state index contributed by atoms with van der Waals surface area (Å²) in [7, 11) is 5.15. The van der Waals surface area contributed by atoms with Gasteiger partial charge in [-0.05, 0) is 31.3 Å². The molecule has 0 aliphatic carbocycles. The number of aryl methyl sites for hydroxylation is 1. The minimum absolute atomic E-state index is 0.0695. The Morgan fingerprint density at radius 2 is 2.06 bits per heavy atom. The van der Waals surface area contributed by atoms with Crippen LogP contribution in [0.25, 0.3) is 0 Å². The molecule has 10 nitrogen and oxygen atoms in total. The number of benzene rings is 1. The van der Waals surface area contributed by atoms with E-state index in [0.717, 1.165) is 16.6 Å². The molecule has 1 saturated heterocycles. The van der Waals surface area contributed by atoms with Gasteiger partial charge in [-0.15, -0.1) is 0 Å². The van der Waals surface area contributed by atoms with Gasteiger partial charge in [-0.1, -0.05) is 6.07 Å². The van der Waals surface area contributed by atoms with Crippen molar-refractivity contribution in [2.45, 2.75) is 31.3 Å². The molecule has 1 fully saturated rings. The zero-order valence-electron chi connectivity index (χ0n) is 19.3. The first kappa shape index (κ1) is 24.3. The Hall–Kier alpha value is -2.34. The van der Waals surface area contributed by atoms with Crippen molar-refractivity contribution in [1.29, 1.82) is 0 Å².